The van der Waals surface area contributed by atoms with Crippen LogP contribution in [0.5, 0.6) is 0 Å². The van der Waals surface area contributed by atoms with Gasteiger partial charge in [0, 0.05) is 10.8 Å². The van der Waals surface area contributed by atoms with E-state index in [4.69, 9.17) is 0 Å². The van der Waals surface area contributed by atoms with E-state index < -0.39 is 0 Å². The Morgan fingerprint density at radius 3 is 2.83 bits per heavy atom. The Morgan fingerprint density at radius 2 is 2.42 bits per heavy atom. The second-order valence-electron chi connectivity index (χ2n) is 3.45. The van der Waals surface area contributed by atoms with E-state index in [9.17, 15) is 5.11 Å². The summed E-state index contributed by atoms with van der Waals surface area (Å²) in [7, 11) is 0. The van der Waals surface area contributed by atoms with Crippen LogP contribution < -0.4 is 0 Å². The van der Waals surface area contributed by atoms with Crippen molar-refractivity contribution in [1.29, 1.82) is 0 Å². The Labute approximate surface area is 77.0 Å². The Bertz CT molecular complexity index is 267. The molecule has 0 spiro atoms. The van der Waals surface area contributed by atoms with E-state index in [-0.39, 0.29) is 6.10 Å². The quantitative estimate of drug-likeness (QED) is 0.745. The lowest BCUT2D eigenvalue weighted by Gasteiger charge is -2.31. The fraction of sp³-hybridized carbons (Fsp3) is 0.600. The summed E-state index contributed by atoms with van der Waals surface area (Å²) in [4.78, 5) is 1.43. The molecular formula is C10H14OS. The van der Waals surface area contributed by atoms with Crippen LogP contribution in [-0.4, -0.2) is 11.2 Å². The SMILES string of the molecule is CCc1cc(C2CCC2O)cs1. The molecule has 2 heteroatoms. The van der Waals surface area contributed by atoms with Crippen molar-refractivity contribution in [2.45, 2.75) is 38.2 Å². The summed E-state index contributed by atoms with van der Waals surface area (Å²) in [5.74, 6) is 0.446. The molecule has 1 fully saturated rings. The third-order valence-electron chi connectivity index (χ3n) is 2.69. The summed E-state index contributed by atoms with van der Waals surface area (Å²) in [6.07, 6.45) is 3.21. The molecule has 0 amide bonds. The first-order valence-corrected chi connectivity index (χ1v) is 5.44. The molecular weight excluding hydrogens is 168 g/mol. The average Bonchev–Trinajstić information content (AvgIpc) is 2.50. The fourth-order valence-electron chi connectivity index (χ4n) is 1.65. The predicted molar refractivity (Wildman–Crippen MR) is 51.7 cm³/mol. The highest BCUT2D eigenvalue weighted by molar-refractivity contribution is 7.10. The van der Waals surface area contributed by atoms with Crippen LogP contribution in [0.2, 0.25) is 0 Å². The van der Waals surface area contributed by atoms with Crippen LogP contribution in [0.1, 0.15) is 36.1 Å². The second-order valence-corrected chi connectivity index (χ2v) is 4.45. The smallest absolute Gasteiger partial charge is 0.0609 e. The first-order valence-electron chi connectivity index (χ1n) is 4.56. The zero-order valence-electron chi connectivity index (χ0n) is 7.29. The van der Waals surface area contributed by atoms with Crippen molar-refractivity contribution < 1.29 is 5.11 Å². The highest BCUT2D eigenvalue weighted by Gasteiger charge is 2.30. The van der Waals surface area contributed by atoms with Crippen molar-refractivity contribution in [3.63, 3.8) is 0 Å². The highest BCUT2D eigenvalue weighted by atomic mass is 32.1. The molecule has 0 aromatic carbocycles. The first-order chi connectivity index (χ1) is 5.81. The summed E-state index contributed by atoms with van der Waals surface area (Å²) in [6, 6.07) is 2.25. The van der Waals surface area contributed by atoms with Crippen LogP contribution in [0.3, 0.4) is 0 Å². The maximum Gasteiger partial charge on any atom is 0.0609 e. The van der Waals surface area contributed by atoms with E-state index in [0.717, 1.165) is 12.8 Å². The number of hydrogen-bond donors (Lipinski definition) is 1. The van der Waals surface area contributed by atoms with Gasteiger partial charge in [0.15, 0.2) is 0 Å². The molecule has 66 valence electrons. The average molecular weight is 182 g/mol. The van der Waals surface area contributed by atoms with E-state index >= 15 is 0 Å². The molecule has 1 N–H and O–H groups in total. The second kappa shape index (κ2) is 3.19. The third-order valence-corrected chi connectivity index (χ3v) is 3.79. The number of aryl methyl sites for hydroxylation is 1. The summed E-state index contributed by atoms with van der Waals surface area (Å²) in [6.45, 7) is 2.17. The fourth-order valence-corrected chi connectivity index (χ4v) is 2.55. The molecule has 1 aromatic heterocycles. The molecule has 1 nitrogen and oxygen atoms in total. The van der Waals surface area contributed by atoms with Gasteiger partial charge in [-0.2, -0.15) is 0 Å². The van der Waals surface area contributed by atoms with Crippen LogP contribution >= 0.6 is 11.3 Å². The van der Waals surface area contributed by atoms with Crippen molar-refractivity contribution in [3.8, 4) is 0 Å². The molecule has 0 saturated heterocycles. The number of aliphatic hydroxyl groups excluding tert-OH is 1. The lowest BCUT2D eigenvalue weighted by molar-refractivity contribution is 0.0663. The summed E-state index contributed by atoms with van der Waals surface area (Å²) < 4.78 is 0. The van der Waals surface area contributed by atoms with E-state index in [1.165, 1.54) is 16.9 Å². The molecule has 2 rings (SSSR count). The number of thiophene rings is 1. The molecule has 0 aliphatic heterocycles. The van der Waals surface area contributed by atoms with Gasteiger partial charge >= 0.3 is 0 Å². The molecule has 1 saturated carbocycles. The van der Waals surface area contributed by atoms with Crippen LogP contribution in [0.4, 0.5) is 0 Å². The van der Waals surface area contributed by atoms with Gasteiger partial charge in [0.2, 0.25) is 0 Å². The number of hydrogen-bond acceptors (Lipinski definition) is 2. The summed E-state index contributed by atoms with van der Waals surface area (Å²) in [5.41, 5.74) is 1.36. The third kappa shape index (κ3) is 1.29. The van der Waals surface area contributed by atoms with E-state index in [2.05, 4.69) is 18.4 Å². The van der Waals surface area contributed by atoms with Crippen LogP contribution in [0.25, 0.3) is 0 Å². The maximum absolute atomic E-state index is 9.45. The molecule has 12 heavy (non-hydrogen) atoms. The van der Waals surface area contributed by atoms with Gasteiger partial charge in [-0.05, 0) is 36.3 Å². The summed E-state index contributed by atoms with van der Waals surface area (Å²) >= 11 is 1.82. The van der Waals surface area contributed by atoms with Crippen LogP contribution in [-0.2, 0) is 6.42 Å². The molecule has 2 atom stereocenters. The van der Waals surface area contributed by atoms with E-state index in [1.54, 1.807) is 0 Å². The van der Waals surface area contributed by atoms with Gasteiger partial charge < -0.3 is 5.11 Å². The van der Waals surface area contributed by atoms with Gasteiger partial charge in [-0.1, -0.05) is 6.92 Å². The van der Waals surface area contributed by atoms with Gasteiger partial charge in [-0.25, -0.2) is 0 Å². The van der Waals surface area contributed by atoms with Crippen molar-refractivity contribution in [1.82, 2.24) is 0 Å². The zero-order valence-corrected chi connectivity index (χ0v) is 8.10. The minimum atomic E-state index is -0.0655. The minimum Gasteiger partial charge on any atom is -0.392 e. The Balaban J connectivity index is 2.12. The first kappa shape index (κ1) is 8.27. The molecule has 1 aromatic rings. The molecule has 0 radical (unpaired) electrons. The minimum absolute atomic E-state index is 0.0655. The zero-order chi connectivity index (χ0) is 8.55. The topological polar surface area (TPSA) is 20.2 Å². The van der Waals surface area contributed by atoms with Crippen molar-refractivity contribution in [3.05, 3.63) is 21.9 Å². The highest BCUT2D eigenvalue weighted by Crippen LogP contribution is 2.38. The predicted octanol–water partition coefficient (Wildman–Crippen LogP) is 2.55. The Morgan fingerprint density at radius 1 is 1.58 bits per heavy atom. The van der Waals surface area contributed by atoms with Gasteiger partial charge in [0.1, 0.15) is 0 Å². The molecule has 1 aliphatic carbocycles. The molecule has 2 unspecified atom stereocenters. The van der Waals surface area contributed by atoms with Crippen molar-refractivity contribution in [2.75, 3.05) is 0 Å². The van der Waals surface area contributed by atoms with Gasteiger partial charge in [0.25, 0.3) is 0 Å². The van der Waals surface area contributed by atoms with Gasteiger partial charge in [-0.15, -0.1) is 11.3 Å². The number of rotatable bonds is 2. The standard InChI is InChI=1S/C10H14OS/c1-2-8-5-7(6-12-8)9-3-4-10(9)11/h5-6,9-11H,2-4H2,1H3. The normalized spacial score (nSPS) is 28.5. The lowest BCUT2D eigenvalue weighted by atomic mass is 9.78. The maximum atomic E-state index is 9.45. The van der Waals surface area contributed by atoms with E-state index in [0.29, 0.717) is 5.92 Å². The molecule has 1 aliphatic rings. The van der Waals surface area contributed by atoms with Crippen molar-refractivity contribution in [2.24, 2.45) is 0 Å². The van der Waals surface area contributed by atoms with Gasteiger partial charge in [-0.3, -0.25) is 0 Å². The Kier molecular flexibility index (Phi) is 2.20. The lowest BCUT2D eigenvalue weighted by Crippen LogP contribution is -2.28. The largest absolute Gasteiger partial charge is 0.392 e. The molecule has 1 heterocycles. The van der Waals surface area contributed by atoms with Crippen LogP contribution in [0.15, 0.2) is 11.4 Å². The Hall–Kier alpha value is -0.340. The van der Waals surface area contributed by atoms with Crippen molar-refractivity contribution >= 4 is 11.3 Å². The summed E-state index contributed by atoms with van der Waals surface area (Å²) in [5, 5.41) is 11.6. The molecule has 0 bridgehead atoms. The van der Waals surface area contributed by atoms with Gasteiger partial charge in [0.05, 0.1) is 6.10 Å². The monoisotopic (exact) mass is 182 g/mol. The van der Waals surface area contributed by atoms with Crippen LogP contribution in [0, 0.1) is 0 Å². The van der Waals surface area contributed by atoms with E-state index in [1.807, 2.05) is 11.3 Å². The number of aliphatic hydroxyl groups is 1.